The van der Waals surface area contributed by atoms with Gasteiger partial charge in [0.2, 0.25) is 12.3 Å². The number of nitrogens with zero attached hydrogens (tertiary/aromatic N) is 2. The van der Waals surface area contributed by atoms with Crippen LogP contribution in [-0.4, -0.2) is 57.3 Å². The number of rotatable bonds is 15. The van der Waals surface area contributed by atoms with Crippen LogP contribution in [0.5, 0.6) is 0 Å². The molecule has 1 saturated carbocycles. The average Bonchev–Trinajstić information content (AvgIpc) is 3.75. The van der Waals surface area contributed by atoms with Crippen LogP contribution < -0.4 is 10.6 Å². The van der Waals surface area contributed by atoms with Crippen LogP contribution in [0.15, 0.2) is 42.5 Å². The third-order valence-corrected chi connectivity index (χ3v) is 7.17. The second-order valence-corrected chi connectivity index (χ2v) is 9.66. The lowest BCUT2D eigenvalue weighted by atomic mass is 9.90. The molecule has 1 aliphatic carbocycles. The van der Waals surface area contributed by atoms with Crippen molar-refractivity contribution in [3.05, 3.63) is 53.7 Å². The molecule has 204 valence electrons. The quantitative estimate of drug-likeness (QED) is 0.0916. The highest BCUT2D eigenvalue weighted by atomic mass is 16.5. The summed E-state index contributed by atoms with van der Waals surface area (Å²) in [5.74, 6) is -2.26. The minimum absolute atomic E-state index is 0.136. The van der Waals surface area contributed by atoms with Gasteiger partial charge >= 0.3 is 5.97 Å². The molecule has 1 aromatic heterocycles. The number of hydrogen-bond acceptors (Lipinski definition) is 6. The maximum atomic E-state index is 12.9. The molecule has 3 amide bonds. The minimum Gasteiger partial charge on any atom is -0.481 e. The van der Waals surface area contributed by atoms with Gasteiger partial charge in [-0.1, -0.05) is 63.4 Å². The number of aliphatic carboxylic acids is 1. The van der Waals surface area contributed by atoms with Gasteiger partial charge in [-0.25, -0.2) is 10.0 Å². The molecule has 0 spiro atoms. The molecular weight excluding hydrogens is 488 g/mol. The fourth-order valence-corrected chi connectivity index (χ4v) is 4.71. The largest absolute Gasteiger partial charge is 0.481 e. The Balaban J connectivity index is 1.61. The number of amides is 3. The normalized spacial score (nSPS) is 15.1. The Bertz CT molecular complexity index is 1130. The maximum Gasteiger partial charge on any atom is 0.314 e. The molecule has 1 fully saturated rings. The molecule has 1 heterocycles. The van der Waals surface area contributed by atoms with Crippen molar-refractivity contribution in [1.82, 2.24) is 20.7 Å². The molecule has 2 aromatic rings. The van der Waals surface area contributed by atoms with Crippen molar-refractivity contribution >= 4 is 24.2 Å². The van der Waals surface area contributed by atoms with Crippen LogP contribution in [0.1, 0.15) is 74.8 Å². The van der Waals surface area contributed by atoms with Gasteiger partial charge in [-0.15, -0.1) is 0 Å². The van der Waals surface area contributed by atoms with Crippen LogP contribution in [0.3, 0.4) is 0 Å². The smallest absolute Gasteiger partial charge is 0.314 e. The molecular formula is C28H36N4O6. The summed E-state index contributed by atoms with van der Waals surface area (Å²) >= 11 is 0. The molecule has 3 rings (SSSR count). The standard InChI is InChI=1S/C28H36N4O6/c1-3-5-6-8-21(24(4-2)32(38)18-33)25(34)29-17-30-26(35)23-10-7-9-22(31-23)19-11-13-20(14-12-19)28(15-16-28)27(36)37/h7,9-14,18,21,24,38H,3-6,8,15-17H2,1-2H3,(H,29,34)(H,30,35)(H,36,37). The number of pyridine rings is 1. The van der Waals surface area contributed by atoms with E-state index >= 15 is 0 Å². The second kappa shape index (κ2) is 13.1. The first-order valence-electron chi connectivity index (χ1n) is 13.1. The Kier molecular flexibility index (Phi) is 9.95. The number of hydroxylamine groups is 2. The van der Waals surface area contributed by atoms with Crippen LogP contribution in [0, 0.1) is 5.92 Å². The number of carbonyl (C=O) groups is 4. The van der Waals surface area contributed by atoms with Crippen LogP contribution in [0.25, 0.3) is 11.3 Å². The van der Waals surface area contributed by atoms with Crippen LogP contribution in [0.4, 0.5) is 0 Å². The monoisotopic (exact) mass is 524 g/mol. The Hall–Kier alpha value is -3.79. The average molecular weight is 525 g/mol. The number of carboxylic acids is 1. The Morgan fingerprint density at radius 3 is 2.37 bits per heavy atom. The first-order valence-corrected chi connectivity index (χ1v) is 13.1. The lowest BCUT2D eigenvalue weighted by Gasteiger charge is -2.29. The summed E-state index contributed by atoms with van der Waals surface area (Å²) in [6.45, 7) is 3.71. The van der Waals surface area contributed by atoms with Crippen molar-refractivity contribution in [3.63, 3.8) is 0 Å². The van der Waals surface area contributed by atoms with E-state index in [0.29, 0.717) is 42.9 Å². The second-order valence-electron chi connectivity index (χ2n) is 9.66. The molecule has 0 radical (unpaired) electrons. The fraction of sp³-hybridized carbons (Fsp3) is 0.464. The molecule has 10 nitrogen and oxygen atoms in total. The summed E-state index contributed by atoms with van der Waals surface area (Å²) in [5, 5.41) is 25.3. The van der Waals surface area contributed by atoms with E-state index in [4.69, 9.17) is 0 Å². The summed E-state index contributed by atoms with van der Waals surface area (Å²) in [4.78, 5) is 52.7. The van der Waals surface area contributed by atoms with Crippen molar-refractivity contribution in [3.8, 4) is 11.3 Å². The lowest BCUT2D eigenvalue weighted by Crippen LogP contribution is -2.47. The molecule has 4 N–H and O–H groups in total. The maximum absolute atomic E-state index is 12.9. The van der Waals surface area contributed by atoms with Crippen molar-refractivity contribution in [2.75, 3.05) is 6.67 Å². The SMILES string of the molecule is CCCCCC(C(=O)NCNC(=O)c1cccc(-c2ccc(C3(C(=O)O)CC3)cc2)n1)C(CC)N(O)C=O. The number of nitrogens with one attached hydrogen (secondary N) is 2. The predicted molar refractivity (Wildman–Crippen MR) is 140 cm³/mol. The minimum atomic E-state index is -0.816. The number of hydrogen-bond donors (Lipinski definition) is 4. The molecule has 10 heteroatoms. The molecule has 0 bridgehead atoms. The molecule has 38 heavy (non-hydrogen) atoms. The number of aromatic nitrogens is 1. The highest BCUT2D eigenvalue weighted by molar-refractivity contribution is 5.93. The van der Waals surface area contributed by atoms with Crippen LogP contribution >= 0.6 is 0 Å². The third-order valence-electron chi connectivity index (χ3n) is 7.17. The van der Waals surface area contributed by atoms with E-state index in [9.17, 15) is 29.5 Å². The summed E-state index contributed by atoms with van der Waals surface area (Å²) in [6.07, 6.45) is 5.14. The Morgan fingerprint density at radius 1 is 1.08 bits per heavy atom. The van der Waals surface area contributed by atoms with Gasteiger partial charge in [0.15, 0.2) is 0 Å². The summed E-state index contributed by atoms with van der Waals surface area (Å²) in [5.41, 5.74) is 1.45. The van der Waals surface area contributed by atoms with Gasteiger partial charge in [0, 0.05) is 5.56 Å². The van der Waals surface area contributed by atoms with Gasteiger partial charge in [-0.2, -0.15) is 0 Å². The number of unbranched alkanes of at least 4 members (excludes halogenated alkanes) is 2. The van der Waals surface area contributed by atoms with E-state index < -0.39 is 29.3 Å². The number of benzene rings is 1. The third kappa shape index (κ3) is 6.74. The van der Waals surface area contributed by atoms with E-state index in [2.05, 4.69) is 15.6 Å². The molecule has 0 saturated heterocycles. The first-order chi connectivity index (χ1) is 18.3. The topological polar surface area (TPSA) is 149 Å². The van der Waals surface area contributed by atoms with Gasteiger partial charge in [-0.3, -0.25) is 24.4 Å². The Morgan fingerprint density at radius 2 is 1.79 bits per heavy atom. The van der Waals surface area contributed by atoms with Crippen LogP contribution in [0.2, 0.25) is 0 Å². The first kappa shape index (κ1) is 28.8. The van der Waals surface area contributed by atoms with Crippen molar-refractivity contribution in [2.24, 2.45) is 5.92 Å². The number of carbonyl (C=O) groups excluding carboxylic acids is 3. The number of carboxylic acid groups (broad SMARTS) is 1. The molecule has 2 atom stereocenters. The zero-order valence-electron chi connectivity index (χ0n) is 21.9. The predicted octanol–water partition coefficient (Wildman–Crippen LogP) is 3.49. The fourth-order valence-electron chi connectivity index (χ4n) is 4.71. The van der Waals surface area contributed by atoms with Crippen molar-refractivity contribution in [1.29, 1.82) is 0 Å². The summed E-state index contributed by atoms with van der Waals surface area (Å²) < 4.78 is 0. The van der Waals surface area contributed by atoms with Gasteiger partial charge < -0.3 is 15.7 Å². The molecule has 2 unspecified atom stereocenters. The van der Waals surface area contributed by atoms with Gasteiger partial charge in [0.1, 0.15) is 5.69 Å². The summed E-state index contributed by atoms with van der Waals surface area (Å²) in [7, 11) is 0. The molecule has 1 aromatic carbocycles. The Labute approximate surface area is 222 Å². The molecule has 0 aliphatic heterocycles. The highest BCUT2D eigenvalue weighted by Gasteiger charge is 2.51. The van der Waals surface area contributed by atoms with Crippen molar-refractivity contribution < 1.29 is 29.5 Å². The van der Waals surface area contributed by atoms with Crippen molar-refractivity contribution in [2.45, 2.75) is 70.3 Å². The lowest BCUT2D eigenvalue weighted by molar-refractivity contribution is -0.168. The zero-order valence-corrected chi connectivity index (χ0v) is 21.9. The zero-order chi connectivity index (χ0) is 27.7. The molecule has 1 aliphatic rings. The van der Waals surface area contributed by atoms with Gasteiger partial charge in [0.05, 0.1) is 29.7 Å². The van der Waals surface area contributed by atoms with E-state index in [1.165, 1.54) is 0 Å². The van der Waals surface area contributed by atoms with E-state index in [1.54, 1.807) is 49.4 Å². The summed E-state index contributed by atoms with van der Waals surface area (Å²) in [6, 6.07) is 11.6. The van der Waals surface area contributed by atoms with Gasteiger partial charge in [-0.05, 0) is 43.4 Å². The van der Waals surface area contributed by atoms with E-state index in [1.807, 2.05) is 6.92 Å². The van der Waals surface area contributed by atoms with Crippen LogP contribution in [-0.2, 0) is 19.8 Å². The van der Waals surface area contributed by atoms with E-state index in [0.717, 1.165) is 30.4 Å². The van der Waals surface area contributed by atoms with E-state index in [-0.39, 0.29) is 18.3 Å². The van der Waals surface area contributed by atoms with Gasteiger partial charge in [0.25, 0.3) is 5.91 Å². The highest BCUT2D eigenvalue weighted by Crippen LogP contribution is 2.48.